The maximum absolute atomic E-state index is 13.7. The molecule has 7 heteroatoms. The predicted molar refractivity (Wildman–Crippen MR) is 185 cm³/mol. The van der Waals surface area contributed by atoms with Gasteiger partial charge in [-0.1, -0.05) is 43.0 Å². The fourth-order valence-electron chi connectivity index (χ4n) is 7.25. The number of piperazine rings is 1. The van der Waals surface area contributed by atoms with Crippen LogP contribution in [0.25, 0.3) is 0 Å². The molecule has 6 nitrogen and oxygen atoms in total. The molecule has 2 fully saturated rings. The van der Waals surface area contributed by atoms with E-state index in [2.05, 4.69) is 48.9 Å². The van der Waals surface area contributed by atoms with Crippen LogP contribution < -0.4 is 0 Å². The zero-order valence-corrected chi connectivity index (χ0v) is 28.4. The van der Waals surface area contributed by atoms with E-state index in [0.717, 1.165) is 53.3 Å². The second-order valence-corrected chi connectivity index (χ2v) is 13.7. The largest absolute Gasteiger partial charge is 0.508 e. The van der Waals surface area contributed by atoms with Crippen molar-refractivity contribution in [1.82, 2.24) is 19.6 Å². The Morgan fingerprint density at radius 2 is 1.82 bits per heavy atom. The highest BCUT2D eigenvalue weighted by Gasteiger charge is 2.36. The molecule has 1 N–H and O–H groups in total. The molecule has 2 heterocycles. The molecule has 0 radical (unpaired) electrons. The third-order valence-electron chi connectivity index (χ3n) is 10.2. The number of phenols is 1. The minimum absolute atomic E-state index is 0.0162. The van der Waals surface area contributed by atoms with Crippen LogP contribution >= 0.6 is 11.6 Å². The van der Waals surface area contributed by atoms with E-state index < -0.39 is 0 Å². The van der Waals surface area contributed by atoms with Gasteiger partial charge in [0.15, 0.2) is 0 Å². The summed E-state index contributed by atoms with van der Waals surface area (Å²) in [7, 11) is 4.28. The summed E-state index contributed by atoms with van der Waals surface area (Å²) in [5.41, 5.74) is 6.58. The van der Waals surface area contributed by atoms with E-state index in [1.165, 1.54) is 31.4 Å². The van der Waals surface area contributed by atoms with Gasteiger partial charge in [0.1, 0.15) is 5.75 Å². The van der Waals surface area contributed by atoms with Crippen molar-refractivity contribution >= 4 is 17.5 Å². The van der Waals surface area contributed by atoms with Crippen molar-refractivity contribution in [3.63, 3.8) is 0 Å². The Morgan fingerprint density at radius 1 is 1.13 bits per heavy atom. The minimum atomic E-state index is -0.338. The number of rotatable bonds is 8. The summed E-state index contributed by atoms with van der Waals surface area (Å²) in [6.45, 7) is 17.9. The highest BCUT2D eigenvalue weighted by Crippen LogP contribution is 2.41. The molecule has 1 amide bonds. The van der Waals surface area contributed by atoms with Gasteiger partial charge in [-0.15, -0.1) is 0 Å². The van der Waals surface area contributed by atoms with Crippen LogP contribution in [0.2, 0.25) is 5.02 Å². The van der Waals surface area contributed by atoms with Crippen LogP contribution in [0.4, 0.5) is 0 Å². The Labute approximate surface area is 274 Å². The van der Waals surface area contributed by atoms with Crippen molar-refractivity contribution in [2.45, 2.75) is 71.0 Å². The Morgan fingerprint density at radius 3 is 2.47 bits per heavy atom. The molecule has 2 aromatic carbocycles. The monoisotopic (exact) mass is 628 g/mol. The molecule has 2 aromatic rings. The molecule has 3 aliphatic rings. The minimum Gasteiger partial charge on any atom is -0.508 e. The van der Waals surface area contributed by atoms with E-state index in [9.17, 15) is 9.90 Å². The molecule has 0 aromatic heterocycles. The maximum Gasteiger partial charge on any atom is 0.232 e. The van der Waals surface area contributed by atoms with Crippen LogP contribution in [0.3, 0.4) is 0 Å². The molecule has 1 saturated carbocycles. The number of likely N-dealkylation sites (N-methyl/N-ethyl adjacent to an activating group) is 2. The van der Waals surface area contributed by atoms with Crippen molar-refractivity contribution in [1.29, 1.82) is 0 Å². The van der Waals surface area contributed by atoms with Crippen molar-refractivity contribution < 1.29 is 9.90 Å². The second-order valence-electron chi connectivity index (χ2n) is 13.3. The summed E-state index contributed by atoms with van der Waals surface area (Å²) < 4.78 is 0. The van der Waals surface area contributed by atoms with Crippen molar-refractivity contribution in [3.05, 3.63) is 112 Å². The summed E-state index contributed by atoms with van der Waals surface area (Å²) in [4.78, 5) is 22.8. The van der Waals surface area contributed by atoms with Crippen LogP contribution in [0.1, 0.15) is 67.8 Å². The average molecular weight is 629 g/mol. The molecule has 2 aliphatic heterocycles. The molecule has 45 heavy (non-hydrogen) atoms. The lowest BCUT2D eigenvalue weighted by atomic mass is 9.84. The van der Waals surface area contributed by atoms with Gasteiger partial charge in [-0.05, 0) is 111 Å². The lowest BCUT2D eigenvalue weighted by molar-refractivity contribution is -0.130. The number of nitrogens with zero attached hydrogens (tertiary/aromatic N) is 4. The number of hydrogen-bond donors (Lipinski definition) is 1. The molecule has 1 aliphatic carbocycles. The van der Waals surface area contributed by atoms with Crippen molar-refractivity contribution in [3.8, 4) is 5.75 Å². The predicted octanol–water partition coefficient (Wildman–Crippen LogP) is 7.44. The summed E-state index contributed by atoms with van der Waals surface area (Å²) in [5.74, 6) is 0.834. The smallest absolute Gasteiger partial charge is 0.232 e. The van der Waals surface area contributed by atoms with E-state index in [0.29, 0.717) is 23.0 Å². The van der Waals surface area contributed by atoms with E-state index >= 15 is 0 Å². The van der Waals surface area contributed by atoms with Gasteiger partial charge in [-0.25, -0.2) is 0 Å². The van der Waals surface area contributed by atoms with Gasteiger partial charge in [0.25, 0.3) is 0 Å². The summed E-state index contributed by atoms with van der Waals surface area (Å²) in [5, 5.41) is 11.1. The van der Waals surface area contributed by atoms with Crippen LogP contribution in [-0.2, 0) is 11.2 Å². The lowest BCUT2D eigenvalue weighted by Crippen LogP contribution is -2.52. The Bertz CT molecular complexity index is 1490. The Balaban J connectivity index is 1.26. The molecule has 5 rings (SSSR count). The first kappa shape index (κ1) is 32.9. The second kappa shape index (κ2) is 13.9. The number of halogens is 1. The maximum atomic E-state index is 13.7. The number of amides is 1. The number of allylic oxidation sites excluding steroid dienone is 3. The molecular weight excluding hydrogens is 580 g/mol. The number of phenolic OH excluding ortho intramolecular Hbond substituents is 1. The highest BCUT2D eigenvalue weighted by molar-refractivity contribution is 6.30. The highest BCUT2D eigenvalue weighted by atomic mass is 35.5. The van der Waals surface area contributed by atoms with E-state index in [1.807, 2.05) is 67.3 Å². The number of aryl methyl sites for hydroxylation is 1. The van der Waals surface area contributed by atoms with E-state index in [4.69, 9.17) is 11.6 Å². The number of carbonyl (C=O) groups excluding carboxylic acids is 1. The normalized spacial score (nSPS) is 24.7. The quantitative estimate of drug-likeness (QED) is 0.308. The third kappa shape index (κ3) is 7.18. The van der Waals surface area contributed by atoms with Gasteiger partial charge >= 0.3 is 0 Å². The van der Waals surface area contributed by atoms with E-state index in [-0.39, 0.29) is 24.1 Å². The fraction of sp³-hybridized carbons (Fsp3) is 0.447. The number of carbonyl (C=O) groups is 1. The van der Waals surface area contributed by atoms with Gasteiger partial charge in [0.05, 0.1) is 12.5 Å². The molecule has 240 valence electrons. The zero-order chi connectivity index (χ0) is 32.4. The van der Waals surface area contributed by atoms with E-state index in [1.54, 1.807) is 6.07 Å². The Hall–Kier alpha value is -3.48. The molecule has 2 unspecified atom stereocenters. The molecule has 2 atom stereocenters. The first-order valence-corrected chi connectivity index (χ1v) is 16.6. The summed E-state index contributed by atoms with van der Waals surface area (Å²) in [6, 6.07) is 12.2. The number of fused-ring (bicyclic) bond motifs is 1. The van der Waals surface area contributed by atoms with Crippen LogP contribution in [0.5, 0.6) is 5.75 Å². The summed E-state index contributed by atoms with van der Waals surface area (Å²) in [6.07, 6.45) is 11.2. The van der Waals surface area contributed by atoms with Crippen LogP contribution in [0, 0.1) is 12.8 Å². The standard InChI is InChI=1S/C38H49ClN4O2/c1-8-33(43-37(45)21-31-20-36(44)25(2)19-35(31)38(43)30-12-14-32(39)15-13-30)16-9-26(3)40(6)24-29-10-17-34(18-11-29)42-22-27(4)41(7)28(5)23-42/h8-9,12-16,19-20,28-29,34,38,44H,3-4,10-11,17-18,21-24H2,1-2,5-7H3/b16-9-,33-8+. The summed E-state index contributed by atoms with van der Waals surface area (Å²) >= 11 is 6.24. The van der Waals surface area contributed by atoms with Crippen LogP contribution in [0.15, 0.2) is 84.9 Å². The first-order chi connectivity index (χ1) is 21.5. The Kier molecular flexibility index (Phi) is 10.1. The first-order valence-electron chi connectivity index (χ1n) is 16.3. The van der Waals surface area contributed by atoms with Crippen LogP contribution in [-0.4, -0.2) is 76.4 Å². The lowest BCUT2D eigenvalue weighted by Gasteiger charge is -2.46. The third-order valence-corrected chi connectivity index (χ3v) is 10.5. The van der Waals surface area contributed by atoms with Gasteiger partial charge in [-0.2, -0.15) is 0 Å². The van der Waals surface area contributed by atoms with Gasteiger partial charge < -0.3 is 19.8 Å². The SMILES string of the molecule is C=C(/C=C\C(=C/C)N1C(=O)Cc2cc(O)c(C)cc2C1c1ccc(Cl)cc1)N(C)CC1CCC(N2CC(=C)N(C)C(C)C2)CC1. The number of hydrogen-bond acceptors (Lipinski definition) is 5. The van der Waals surface area contributed by atoms with Gasteiger partial charge in [0, 0.05) is 67.9 Å². The zero-order valence-electron chi connectivity index (χ0n) is 27.6. The van der Waals surface area contributed by atoms with Gasteiger partial charge in [-0.3, -0.25) is 9.69 Å². The van der Waals surface area contributed by atoms with Crippen molar-refractivity contribution in [2.75, 3.05) is 33.7 Å². The molecule has 1 saturated heterocycles. The van der Waals surface area contributed by atoms with Crippen molar-refractivity contribution in [2.24, 2.45) is 5.92 Å². The van der Waals surface area contributed by atoms with Gasteiger partial charge in [0.2, 0.25) is 5.91 Å². The molecule has 0 bridgehead atoms. The topological polar surface area (TPSA) is 50.3 Å². The fourth-order valence-corrected chi connectivity index (χ4v) is 7.38. The average Bonchev–Trinajstić information content (AvgIpc) is 3.01. The molecular formula is C38H49ClN4O2. The number of aromatic hydroxyl groups is 1. The molecule has 0 spiro atoms. The number of benzene rings is 2.